The molecule has 0 fully saturated rings. The van der Waals surface area contributed by atoms with Crippen molar-refractivity contribution in [1.29, 1.82) is 5.26 Å². The minimum absolute atomic E-state index is 0.411. The molecular weight excluding hydrogens is 262 g/mol. The minimum Gasteiger partial charge on any atom is -0.489 e. The number of benzene rings is 1. The first-order chi connectivity index (χ1) is 10.3. The van der Waals surface area contributed by atoms with Gasteiger partial charge in [-0.3, -0.25) is 0 Å². The fourth-order valence-corrected chi connectivity index (χ4v) is 1.98. The summed E-state index contributed by atoms with van der Waals surface area (Å²) in [5.74, 6) is 0.872. The van der Waals surface area contributed by atoms with E-state index in [-0.39, 0.29) is 0 Å². The number of nitrogens with one attached hydrogen (secondary N) is 1. The molecule has 4 heteroatoms. The summed E-state index contributed by atoms with van der Waals surface area (Å²) in [4.78, 5) is 3.95. The third-order valence-corrected chi connectivity index (χ3v) is 3.05. The Morgan fingerprint density at radius 2 is 2.14 bits per heavy atom. The van der Waals surface area contributed by atoms with Gasteiger partial charge in [-0.05, 0) is 36.7 Å². The lowest BCUT2D eigenvalue weighted by atomic mass is 10.2. The molecule has 1 N–H and O–H groups in total. The third kappa shape index (κ3) is 4.59. The summed E-state index contributed by atoms with van der Waals surface area (Å²) in [6.07, 6.45) is 2.74. The van der Waals surface area contributed by atoms with Crippen LogP contribution in [0.4, 0.5) is 0 Å². The van der Waals surface area contributed by atoms with Crippen LogP contribution in [0.3, 0.4) is 0 Å². The van der Waals surface area contributed by atoms with Crippen LogP contribution in [0.15, 0.2) is 42.6 Å². The van der Waals surface area contributed by atoms with E-state index in [1.807, 2.05) is 30.3 Å². The molecule has 0 unspecified atom stereocenters. The molecule has 1 aromatic carbocycles. The Labute approximate surface area is 125 Å². The Morgan fingerprint density at radius 1 is 1.29 bits per heavy atom. The van der Waals surface area contributed by atoms with Crippen LogP contribution in [0.1, 0.15) is 30.2 Å². The second kappa shape index (κ2) is 8.03. The van der Waals surface area contributed by atoms with Crippen LogP contribution in [0.25, 0.3) is 0 Å². The Hall–Kier alpha value is -2.38. The maximum absolute atomic E-state index is 8.85. The van der Waals surface area contributed by atoms with Crippen molar-refractivity contribution in [2.24, 2.45) is 0 Å². The molecule has 0 aliphatic carbocycles. The van der Waals surface area contributed by atoms with Crippen LogP contribution in [-0.2, 0) is 13.2 Å². The Balaban J connectivity index is 2.00. The van der Waals surface area contributed by atoms with Gasteiger partial charge in [0, 0.05) is 18.3 Å². The molecule has 0 saturated carbocycles. The van der Waals surface area contributed by atoms with Crippen molar-refractivity contribution in [3.63, 3.8) is 0 Å². The molecule has 0 bridgehead atoms. The number of ether oxygens (including phenoxy) is 1. The molecule has 0 aliphatic rings. The summed E-state index contributed by atoms with van der Waals surface area (Å²) in [7, 11) is 0. The SMILES string of the molecule is CCCNCc1ccccc1OCc1ccnc(C#N)c1. The lowest BCUT2D eigenvalue weighted by molar-refractivity contribution is 0.302. The number of nitrogens with zero attached hydrogens (tertiary/aromatic N) is 2. The predicted molar refractivity (Wildman–Crippen MR) is 81.7 cm³/mol. The fourth-order valence-electron chi connectivity index (χ4n) is 1.98. The summed E-state index contributed by atoms with van der Waals surface area (Å²) in [6.45, 7) is 4.36. The molecule has 0 saturated heterocycles. The predicted octanol–water partition coefficient (Wildman–Crippen LogP) is 3.03. The fraction of sp³-hybridized carbons (Fsp3) is 0.294. The summed E-state index contributed by atoms with van der Waals surface area (Å²) < 4.78 is 5.88. The second-order valence-corrected chi connectivity index (χ2v) is 4.73. The quantitative estimate of drug-likeness (QED) is 0.793. The van der Waals surface area contributed by atoms with Gasteiger partial charge in [0.25, 0.3) is 0 Å². The summed E-state index contributed by atoms with van der Waals surface area (Å²) >= 11 is 0. The smallest absolute Gasteiger partial charge is 0.140 e. The standard InChI is InChI=1S/C17H19N3O/c1-2-8-19-12-15-5-3-4-6-17(15)21-13-14-7-9-20-16(10-14)11-18/h3-7,9-10,19H,2,8,12-13H2,1H3. The van der Waals surface area contributed by atoms with Crippen molar-refractivity contribution in [3.8, 4) is 11.8 Å². The van der Waals surface area contributed by atoms with Crippen molar-refractivity contribution >= 4 is 0 Å². The van der Waals surface area contributed by atoms with Gasteiger partial charge in [0.15, 0.2) is 0 Å². The van der Waals surface area contributed by atoms with E-state index < -0.39 is 0 Å². The molecule has 108 valence electrons. The minimum atomic E-state index is 0.411. The molecule has 0 amide bonds. The molecule has 21 heavy (non-hydrogen) atoms. The van der Waals surface area contributed by atoms with Gasteiger partial charge < -0.3 is 10.1 Å². The molecule has 4 nitrogen and oxygen atoms in total. The summed E-state index contributed by atoms with van der Waals surface area (Å²) in [5.41, 5.74) is 2.49. The van der Waals surface area contributed by atoms with Crippen LogP contribution in [0, 0.1) is 11.3 Å². The van der Waals surface area contributed by atoms with E-state index in [1.165, 1.54) is 0 Å². The highest BCUT2D eigenvalue weighted by atomic mass is 16.5. The molecular formula is C17H19N3O. The third-order valence-electron chi connectivity index (χ3n) is 3.05. The molecule has 0 atom stereocenters. The average Bonchev–Trinajstić information content (AvgIpc) is 2.54. The number of hydrogen-bond donors (Lipinski definition) is 1. The largest absolute Gasteiger partial charge is 0.489 e. The van der Waals surface area contributed by atoms with E-state index in [1.54, 1.807) is 12.3 Å². The second-order valence-electron chi connectivity index (χ2n) is 4.73. The first kappa shape index (κ1) is 15.0. The average molecular weight is 281 g/mol. The van der Waals surface area contributed by atoms with E-state index in [2.05, 4.69) is 23.3 Å². The molecule has 0 aliphatic heterocycles. The van der Waals surface area contributed by atoms with Crippen molar-refractivity contribution in [3.05, 3.63) is 59.4 Å². The Morgan fingerprint density at radius 3 is 2.95 bits per heavy atom. The molecule has 2 aromatic rings. The van der Waals surface area contributed by atoms with E-state index in [9.17, 15) is 0 Å². The number of para-hydroxylation sites is 1. The highest BCUT2D eigenvalue weighted by Gasteiger charge is 2.03. The Kier molecular flexibility index (Phi) is 5.74. The van der Waals surface area contributed by atoms with Gasteiger partial charge in [0.1, 0.15) is 24.1 Å². The van der Waals surface area contributed by atoms with Gasteiger partial charge in [-0.25, -0.2) is 4.98 Å². The number of nitriles is 1. The zero-order valence-corrected chi connectivity index (χ0v) is 12.2. The normalized spacial score (nSPS) is 10.1. The van der Waals surface area contributed by atoms with Crippen LogP contribution in [-0.4, -0.2) is 11.5 Å². The van der Waals surface area contributed by atoms with Crippen LogP contribution < -0.4 is 10.1 Å². The van der Waals surface area contributed by atoms with Gasteiger partial charge in [-0.15, -0.1) is 0 Å². The Bertz CT molecular complexity index is 619. The van der Waals surface area contributed by atoms with E-state index >= 15 is 0 Å². The highest BCUT2D eigenvalue weighted by Crippen LogP contribution is 2.19. The number of hydrogen-bond acceptors (Lipinski definition) is 4. The molecule has 2 rings (SSSR count). The first-order valence-electron chi connectivity index (χ1n) is 7.10. The van der Waals surface area contributed by atoms with Crippen molar-refractivity contribution in [2.75, 3.05) is 6.54 Å². The zero-order valence-electron chi connectivity index (χ0n) is 12.2. The van der Waals surface area contributed by atoms with E-state index in [0.29, 0.717) is 12.3 Å². The maximum atomic E-state index is 8.85. The van der Waals surface area contributed by atoms with Gasteiger partial charge in [0.2, 0.25) is 0 Å². The monoisotopic (exact) mass is 281 g/mol. The van der Waals surface area contributed by atoms with Gasteiger partial charge >= 0.3 is 0 Å². The number of aromatic nitrogens is 1. The maximum Gasteiger partial charge on any atom is 0.140 e. The molecule has 0 radical (unpaired) electrons. The van der Waals surface area contributed by atoms with Crippen LogP contribution in [0.5, 0.6) is 5.75 Å². The topological polar surface area (TPSA) is 57.9 Å². The number of pyridine rings is 1. The summed E-state index contributed by atoms with van der Waals surface area (Å²) in [5, 5.41) is 12.2. The molecule has 1 heterocycles. The first-order valence-corrected chi connectivity index (χ1v) is 7.10. The van der Waals surface area contributed by atoms with E-state index in [4.69, 9.17) is 10.00 Å². The molecule has 0 spiro atoms. The lowest BCUT2D eigenvalue weighted by Crippen LogP contribution is -2.14. The van der Waals surface area contributed by atoms with Gasteiger partial charge in [-0.2, -0.15) is 5.26 Å². The van der Waals surface area contributed by atoms with Crippen molar-refractivity contribution < 1.29 is 4.74 Å². The van der Waals surface area contributed by atoms with Crippen molar-refractivity contribution in [1.82, 2.24) is 10.3 Å². The zero-order chi connectivity index (χ0) is 14.9. The summed E-state index contributed by atoms with van der Waals surface area (Å²) in [6, 6.07) is 13.6. The highest BCUT2D eigenvalue weighted by molar-refractivity contribution is 5.33. The molecule has 1 aromatic heterocycles. The van der Waals surface area contributed by atoms with Crippen molar-refractivity contribution in [2.45, 2.75) is 26.5 Å². The van der Waals surface area contributed by atoms with Crippen LogP contribution in [0.2, 0.25) is 0 Å². The van der Waals surface area contributed by atoms with Gasteiger partial charge in [0.05, 0.1) is 0 Å². The number of rotatable bonds is 7. The van der Waals surface area contributed by atoms with Crippen LogP contribution >= 0.6 is 0 Å². The van der Waals surface area contributed by atoms with E-state index in [0.717, 1.165) is 36.4 Å². The van der Waals surface area contributed by atoms with Gasteiger partial charge in [-0.1, -0.05) is 25.1 Å². The lowest BCUT2D eigenvalue weighted by Gasteiger charge is -2.12.